The number of ether oxygens (including phenoxy) is 1. The molecule has 0 saturated heterocycles. The van der Waals surface area contributed by atoms with Crippen molar-refractivity contribution in [3.8, 4) is 11.4 Å². The van der Waals surface area contributed by atoms with Crippen molar-refractivity contribution >= 4 is 23.5 Å². The van der Waals surface area contributed by atoms with E-state index >= 15 is 0 Å². The second-order valence-electron chi connectivity index (χ2n) is 6.88. The van der Waals surface area contributed by atoms with Gasteiger partial charge in [0.1, 0.15) is 17.3 Å². The van der Waals surface area contributed by atoms with Crippen molar-refractivity contribution in [2.24, 2.45) is 7.05 Å². The van der Waals surface area contributed by atoms with Gasteiger partial charge in [0.2, 0.25) is 5.91 Å². The lowest BCUT2D eigenvalue weighted by Gasteiger charge is -2.11. The van der Waals surface area contributed by atoms with Crippen molar-refractivity contribution in [3.05, 3.63) is 65.9 Å². The molecule has 0 aliphatic heterocycles. The molecule has 1 amide bonds. The predicted octanol–water partition coefficient (Wildman–Crippen LogP) is 3.23. The Hall–Kier alpha value is -3.53. The van der Waals surface area contributed by atoms with Gasteiger partial charge in [-0.05, 0) is 43.3 Å². The first-order valence-electron chi connectivity index (χ1n) is 9.58. The molecular formula is C21H22N6O3S. The minimum Gasteiger partial charge on any atom is -0.497 e. The summed E-state index contributed by atoms with van der Waals surface area (Å²) in [6.45, 7) is 1.77. The topological polar surface area (TPSA) is 100 Å². The predicted molar refractivity (Wildman–Crippen MR) is 117 cm³/mol. The third kappa shape index (κ3) is 4.80. The summed E-state index contributed by atoms with van der Waals surface area (Å²) in [4.78, 5) is 12.3. The Bertz CT molecular complexity index is 1180. The number of methoxy groups -OCH3 is 1. The van der Waals surface area contributed by atoms with E-state index in [1.54, 1.807) is 20.1 Å². The summed E-state index contributed by atoms with van der Waals surface area (Å²) in [5.41, 5.74) is 2.00. The molecule has 4 aromatic rings. The molecule has 0 aliphatic carbocycles. The van der Waals surface area contributed by atoms with Gasteiger partial charge in [-0.2, -0.15) is 0 Å². The zero-order chi connectivity index (χ0) is 21.8. The van der Waals surface area contributed by atoms with Crippen molar-refractivity contribution < 1.29 is 14.1 Å². The molecule has 1 N–H and O–H groups in total. The first kappa shape index (κ1) is 20.7. The van der Waals surface area contributed by atoms with E-state index in [2.05, 4.69) is 20.7 Å². The molecule has 9 nitrogen and oxygen atoms in total. The third-order valence-corrected chi connectivity index (χ3v) is 5.58. The molecule has 31 heavy (non-hydrogen) atoms. The molecule has 3 aromatic heterocycles. The summed E-state index contributed by atoms with van der Waals surface area (Å²) in [5, 5.41) is 15.9. The van der Waals surface area contributed by atoms with E-state index in [0.717, 1.165) is 23.0 Å². The number of carbonyl (C=O) groups excluding carboxylic acids is 1. The van der Waals surface area contributed by atoms with Crippen LogP contribution < -0.4 is 10.1 Å². The molecule has 0 bridgehead atoms. The van der Waals surface area contributed by atoms with Gasteiger partial charge in [0.25, 0.3) is 0 Å². The number of thioether (sulfide) groups is 1. The number of rotatable bonds is 8. The van der Waals surface area contributed by atoms with Crippen LogP contribution in [-0.4, -0.2) is 43.3 Å². The van der Waals surface area contributed by atoms with Crippen molar-refractivity contribution in [3.63, 3.8) is 0 Å². The summed E-state index contributed by atoms with van der Waals surface area (Å²) in [5.74, 6) is 2.52. The van der Waals surface area contributed by atoms with Gasteiger partial charge in [0, 0.05) is 37.1 Å². The number of carbonyl (C=O) groups is 1. The van der Waals surface area contributed by atoms with Crippen LogP contribution in [0.15, 0.2) is 58.3 Å². The fourth-order valence-electron chi connectivity index (χ4n) is 3.08. The summed E-state index contributed by atoms with van der Waals surface area (Å²) in [6.07, 6.45) is 2.60. The maximum absolute atomic E-state index is 12.3. The van der Waals surface area contributed by atoms with Crippen molar-refractivity contribution in [2.45, 2.75) is 18.5 Å². The number of amides is 1. The van der Waals surface area contributed by atoms with Crippen molar-refractivity contribution in [1.29, 1.82) is 0 Å². The van der Waals surface area contributed by atoms with Crippen LogP contribution in [0.5, 0.6) is 5.75 Å². The van der Waals surface area contributed by atoms with Gasteiger partial charge in [-0.3, -0.25) is 9.36 Å². The maximum atomic E-state index is 12.3. The zero-order valence-corrected chi connectivity index (χ0v) is 18.2. The van der Waals surface area contributed by atoms with E-state index in [1.165, 1.54) is 11.8 Å². The minimum absolute atomic E-state index is 0.157. The van der Waals surface area contributed by atoms with Gasteiger partial charge in [-0.15, -0.1) is 10.2 Å². The first-order chi connectivity index (χ1) is 15.0. The number of hydrogen-bond donors (Lipinski definition) is 1. The molecule has 3 heterocycles. The summed E-state index contributed by atoms with van der Waals surface area (Å²) in [6, 6.07) is 13.4. The molecule has 0 unspecified atom stereocenters. The molecule has 0 saturated carbocycles. The highest BCUT2D eigenvalue weighted by Gasteiger charge is 2.17. The summed E-state index contributed by atoms with van der Waals surface area (Å²) < 4.78 is 14.3. The van der Waals surface area contributed by atoms with E-state index < -0.39 is 0 Å². The number of nitrogens with one attached hydrogen (secondary N) is 1. The molecule has 0 radical (unpaired) electrons. The Morgan fingerprint density at radius 3 is 2.68 bits per heavy atom. The summed E-state index contributed by atoms with van der Waals surface area (Å²) in [7, 11) is 3.62. The minimum atomic E-state index is -0.202. The second kappa shape index (κ2) is 9.09. The Kier molecular flexibility index (Phi) is 6.08. The van der Waals surface area contributed by atoms with E-state index in [4.69, 9.17) is 9.26 Å². The van der Waals surface area contributed by atoms with Gasteiger partial charge in [0.05, 0.1) is 12.9 Å². The standard InChI is InChI=1S/C21H22N6O3S/c1-14-11-18(25-30-14)22-20(28)13-31-21-24-23-19(12-16-5-4-10-26(16)2)27(21)15-6-8-17(29-3)9-7-15/h4-11H,12-13H2,1-3H3,(H,22,25,28). The van der Waals surface area contributed by atoms with Crippen LogP contribution in [0, 0.1) is 6.92 Å². The van der Waals surface area contributed by atoms with Gasteiger partial charge in [-0.1, -0.05) is 16.9 Å². The molecule has 10 heteroatoms. The number of aryl methyl sites for hydroxylation is 2. The monoisotopic (exact) mass is 438 g/mol. The second-order valence-corrected chi connectivity index (χ2v) is 7.82. The molecule has 0 aliphatic rings. The average Bonchev–Trinajstić information content (AvgIpc) is 3.48. The van der Waals surface area contributed by atoms with Gasteiger partial charge >= 0.3 is 0 Å². The molecule has 0 atom stereocenters. The molecule has 160 valence electrons. The van der Waals surface area contributed by atoms with Gasteiger partial charge in [0.15, 0.2) is 11.0 Å². The number of benzene rings is 1. The largest absolute Gasteiger partial charge is 0.497 e. The Labute approximate surface area is 183 Å². The van der Waals surface area contributed by atoms with Crippen LogP contribution in [0.25, 0.3) is 5.69 Å². The van der Waals surface area contributed by atoms with Crippen LogP contribution in [-0.2, 0) is 18.3 Å². The Morgan fingerprint density at radius 1 is 1.23 bits per heavy atom. The molecule has 1 aromatic carbocycles. The van der Waals surface area contributed by atoms with Crippen LogP contribution in [0.4, 0.5) is 5.82 Å². The van der Waals surface area contributed by atoms with Gasteiger partial charge in [-0.25, -0.2) is 0 Å². The number of nitrogens with zero attached hydrogens (tertiary/aromatic N) is 5. The highest BCUT2D eigenvalue weighted by molar-refractivity contribution is 7.99. The average molecular weight is 439 g/mol. The lowest BCUT2D eigenvalue weighted by molar-refractivity contribution is -0.113. The SMILES string of the molecule is COc1ccc(-n2c(Cc3cccn3C)nnc2SCC(=O)Nc2cc(C)on2)cc1. The molecule has 0 spiro atoms. The maximum Gasteiger partial charge on any atom is 0.236 e. The van der Waals surface area contributed by atoms with Crippen molar-refractivity contribution in [2.75, 3.05) is 18.2 Å². The highest BCUT2D eigenvalue weighted by Crippen LogP contribution is 2.25. The van der Waals surface area contributed by atoms with Crippen LogP contribution in [0.1, 0.15) is 17.3 Å². The molecule has 4 rings (SSSR count). The van der Waals surface area contributed by atoms with Crippen LogP contribution in [0.2, 0.25) is 0 Å². The van der Waals surface area contributed by atoms with E-state index in [9.17, 15) is 4.79 Å². The van der Waals surface area contributed by atoms with Crippen LogP contribution >= 0.6 is 11.8 Å². The van der Waals surface area contributed by atoms with Gasteiger partial charge < -0.3 is 19.1 Å². The number of hydrogen-bond acceptors (Lipinski definition) is 7. The lowest BCUT2D eigenvalue weighted by Crippen LogP contribution is -2.15. The van der Waals surface area contributed by atoms with E-state index in [-0.39, 0.29) is 11.7 Å². The van der Waals surface area contributed by atoms with Crippen LogP contribution in [0.3, 0.4) is 0 Å². The van der Waals surface area contributed by atoms with Crippen molar-refractivity contribution in [1.82, 2.24) is 24.5 Å². The molecular weight excluding hydrogens is 416 g/mol. The zero-order valence-electron chi connectivity index (χ0n) is 17.4. The smallest absolute Gasteiger partial charge is 0.236 e. The Balaban J connectivity index is 1.57. The third-order valence-electron chi connectivity index (χ3n) is 4.65. The fraction of sp³-hybridized carbons (Fsp3) is 0.238. The first-order valence-corrected chi connectivity index (χ1v) is 10.6. The fourth-order valence-corrected chi connectivity index (χ4v) is 3.85. The Morgan fingerprint density at radius 2 is 2.03 bits per heavy atom. The summed E-state index contributed by atoms with van der Waals surface area (Å²) >= 11 is 1.30. The normalized spacial score (nSPS) is 10.9. The molecule has 0 fully saturated rings. The lowest BCUT2D eigenvalue weighted by atomic mass is 10.2. The highest BCUT2D eigenvalue weighted by atomic mass is 32.2. The van der Waals surface area contributed by atoms with E-state index in [0.29, 0.717) is 23.2 Å². The quantitative estimate of drug-likeness (QED) is 0.422. The number of anilines is 1. The number of aromatic nitrogens is 5. The van der Waals surface area contributed by atoms with E-state index in [1.807, 2.05) is 58.8 Å².